The van der Waals surface area contributed by atoms with Gasteiger partial charge in [-0.1, -0.05) is 24.4 Å². The smallest absolute Gasteiger partial charge is 0.308 e. The summed E-state index contributed by atoms with van der Waals surface area (Å²) in [6.45, 7) is 8.72. The molecule has 0 amide bonds. The van der Waals surface area contributed by atoms with E-state index in [-0.39, 0.29) is 24.6 Å². The second-order valence-corrected chi connectivity index (χ2v) is 6.53. The number of hydrogen-bond donors (Lipinski definition) is 1. The summed E-state index contributed by atoms with van der Waals surface area (Å²) < 4.78 is 10.6. The van der Waals surface area contributed by atoms with Crippen molar-refractivity contribution in [1.29, 1.82) is 0 Å². The highest BCUT2D eigenvalue weighted by molar-refractivity contribution is 7.80. The third-order valence-corrected chi connectivity index (χ3v) is 4.48. The van der Waals surface area contributed by atoms with E-state index in [1.807, 2.05) is 4.90 Å². The van der Waals surface area contributed by atoms with E-state index >= 15 is 0 Å². The number of hydrogen-bond acceptors (Lipinski definition) is 5. The molecule has 24 heavy (non-hydrogen) atoms. The van der Waals surface area contributed by atoms with Gasteiger partial charge in [0, 0.05) is 19.5 Å². The number of rotatable bonds is 10. The summed E-state index contributed by atoms with van der Waals surface area (Å²) in [5.41, 5.74) is 0. The van der Waals surface area contributed by atoms with Gasteiger partial charge in [-0.2, -0.15) is 0 Å². The Hall–Kier alpha value is -1.24. The molecular formula is C18H29NO4S. The lowest BCUT2D eigenvalue weighted by Gasteiger charge is -2.31. The molecule has 0 aromatic carbocycles. The Kier molecular flexibility index (Phi) is 9.83. The van der Waals surface area contributed by atoms with Crippen molar-refractivity contribution in [2.24, 2.45) is 0 Å². The SMILES string of the molecule is C=CCN(CC=C)C(=S)C[C@H](O)C[C@@H]1CCC[C@H](CC(=O)OC)O1. The molecule has 0 spiro atoms. The minimum absolute atomic E-state index is 0.0431. The molecular weight excluding hydrogens is 326 g/mol. The van der Waals surface area contributed by atoms with Crippen LogP contribution in [0.4, 0.5) is 0 Å². The average molecular weight is 356 g/mol. The van der Waals surface area contributed by atoms with Crippen LogP contribution in [0.15, 0.2) is 25.3 Å². The first-order valence-electron chi connectivity index (χ1n) is 8.40. The van der Waals surface area contributed by atoms with Crippen molar-refractivity contribution in [3.63, 3.8) is 0 Å². The number of aliphatic hydroxyl groups is 1. The summed E-state index contributed by atoms with van der Waals surface area (Å²) in [7, 11) is 1.38. The van der Waals surface area contributed by atoms with Gasteiger partial charge < -0.3 is 19.5 Å². The Labute approximate surface area is 150 Å². The van der Waals surface area contributed by atoms with Crippen LogP contribution >= 0.6 is 12.2 Å². The Balaban J connectivity index is 2.43. The van der Waals surface area contributed by atoms with E-state index in [4.69, 9.17) is 17.0 Å². The van der Waals surface area contributed by atoms with Crippen LogP contribution in [-0.2, 0) is 14.3 Å². The minimum Gasteiger partial charge on any atom is -0.469 e. The molecule has 1 fully saturated rings. The van der Waals surface area contributed by atoms with E-state index in [1.165, 1.54) is 7.11 Å². The van der Waals surface area contributed by atoms with Crippen molar-refractivity contribution in [2.75, 3.05) is 20.2 Å². The molecule has 1 rings (SSSR count). The molecule has 1 saturated heterocycles. The molecule has 5 nitrogen and oxygen atoms in total. The summed E-state index contributed by atoms with van der Waals surface area (Å²) in [4.78, 5) is 14.0. The van der Waals surface area contributed by atoms with E-state index in [2.05, 4.69) is 17.9 Å². The minimum atomic E-state index is -0.559. The van der Waals surface area contributed by atoms with Crippen molar-refractivity contribution >= 4 is 23.2 Å². The highest BCUT2D eigenvalue weighted by Gasteiger charge is 2.27. The molecule has 1 aliphatic heterocycles. The van der Waals surface area contributed by atoms with E-state index in [0.29, 0.717) is 30.9 Å². The third-order valence-electron chi connectivity index (χ3n) is 4.06. The van der Waals surface area contributed by atoms with E-state index in [9.17, 15) is 9.90 Å². The molecule has 0 aromatic rings. The quantitative estimate of drug-likeness (QED) is 0.369. The summed E-state index contributed by atoms with van der Waals surface area (Å²) in [5.74, 6) is -0.258. The van der Waals surface area contributed by atoms with Crippen LogP contribution in [0.25, 0.3) is 0 Å². The van der Waals surface area contributed by atoms with Crippen molar-refractivity contribution in [3.8, 4) is 0 Å². The molecule has 1 N–H and O–H groups in total. The number of aliphatic hydroxyl groups excluding tert-OH is 1. The third kappa shape index (κ3) is 7.55. The maximum atomic E-state index is 11.4. The first-order valence-corrected chi connectivity index (χ1v) is 8.80. The normalized spacial score (nSPS) is 21.6. The van der Waals surface area contributed by atoms with Crippen LogP contribution in [0, 0.1) is 0 Å². The van der Waals surface area contributed by atoms with E-state index in [0.717, 1.165) is 19.3 Å². The fraction of sp³-hybridized carbons (Fsp3) is 0.667. The van der Waals surface area contributed by atoms with Crippen molar-refractivity contribution < 1.29 is 19.4 Å². The molecule has 6 heteroatoms. The molecule has 0 radical (unpaired) electrons. The van der Waals surface area contributed by atoms with E-state index < -0.39 is 6.10 Å². The highest BCUT2D eigenvalue weighted by atomic mass is 32.1. The van der Waals surface area contributed by atoms with Gasteiger partial charge in [0.1, 0.15) is 0 Å². The summed E-state index contributed by atoms with van der Waals surface area (Å²) >= 11 is 5.41. The number of ether oxygens (including phenoxy) is 2. The van der Waals surface area contributed by atoms with Gasteiger partial charge in [-0.3, -0.25) is 4.79 Å². The number of carbonyl (C=O) groups is 1. The zero-order chi connectivity index (χ0) is 17.9. The number of esters is 1. The van der Waals surface area contributed by atoms with Crippen molar-refractivity contribution in [2.45, 2.75) is 56.8 Å². The van der Waals surface area contributed by atoms with Gasteiger partial charge in [0.2, 0.25) is 0 Å². The Morgan fingerprint density at radius 2 is 2.00 bits per heavy atom. The second-order valence-electron chi connectivity index (χ2n) is 6.06. The van der Waals surface area contributed by atoms with Crippen molar-refractivity contribution in [1.82, 2.24) is 4.90 Å². The number of carbonyl (C=O) groups excluding carboxylic acids is 1. The summed E-state index contributed by atoms with van der Waals surface area (Å²) in [5, 5.41) is 10.3. The van der Waals surface area contributed by atoms with Crippen LogP contribution in [0.2, 0.25) is 0 Å². The molecule has 1 heterocycles. The van der Waals surface area contributed by atoms with Gasteiger partial charge >= 0.3 is 5.97 Å². The lowest BCUT2D eigenvalue weighted by molar-refractivity contribution is -0.147. The predicted molar refractivity (Wildman–Crippen MR) is 99.0 cm³/mol. The van der Waals surface area contributed by atoms with Gasteiger partial charge in [0.05, 0.1) is 36.8 Å². The predicted octanol–water partition coefficient (Wildman–Crippen LogP) is 2.63. The Bertz CT molecular complexity index is 431. The Morgan fingerprint density at radius 3 is 2.58 bits per heavy atom. The standard InChI is InChI=1S/C18H29NO4S/c1-4-9-19(10-5-2)17(24)12-14(20)11-15-7-6-8-16(23-15)13-18(21)22-3/h4-5,14-16,20H,1-2,6-13H2,3H3/t14-,15+,16-/m1/s1. The Morgan fingerprint density at radius 1 is 1.38 bits per heavy atom. The van der Waals surface area contributed by atoms with Gasteiger partial charge in [0.15, 0.2) is 0 Å². The number of nitrogens with zero attached hydrogens (tertiary/aromatic N) is 1. The largest absolute Gasteiger partial charge is 0.469 e. The van der Waals surface area contributed by atoms with Gasteiger partial charge in [-0.15, -0.1) is 13.2 Å². The maximum Gasteiger partial charge on any atom is 0.308 e. The monoisotopic (exact) mass is 355 g/mol. The molecule has 0 aliphatic carbocycles. The first-order chi connectivity index (χ1) is 11.5. The highest BCUT2D eigenvalue weighted by Crippen LogP contribution is 2.25. The van der Waals surface area contributed by atoms with Crippen molar-refractivity contribution in [3.05, 3.63) is 25.3 Å². The van der Waals surface area contributed by atoms with E-state index in [1.54, 1.807) is 12.2 Å². The molecule has 0 bridgehead atoms. The fourth-order valence-corrected chi connectivity index (χ4v) is 3.22. The first kappa shape index (κ1) is 20.8. The van der Waals surface area contributed by atoms with Crippen LogP contribution in [-0.4, -0.2) is 59.5 Å². The van der Waals surface area contributed by atoms with Crippen LogP contribution in [0.5, 0.6) is 0 Å². The molecule has 0 unspecified atom stereocenters. The fourth-order valence-electron chi connectivity index (χ4n) is 2.88. The summed E-state index contributed by atoms with van der Waals surface area (Å²) in [6, 6.07) is 0. The maximum absolute atomic E-state index is 11.4. The second kappa shape index (κ2) is 11.3. The zero-order valence-electron chi connectivity index (χ0n) is 14.5. The summed E-state index contributed by atoms with van der Waals surface area (Å²) in [6.07, 6.45) is 6.79. The lowest BCUT2D eigenvalue weighted by Crippen LogP contribution is -2.35. The number of methoxy groups -OCH3 is 1. The molecule has 3 atom stereocenters. The molecule has 0 saturated carbocycles. The topological polar surface area (TPSA) is 59.0 Å². The molecule has 136 valence electrons. The van der Waals surface area contributed by atoms with Crippen LogP contribution < -0.4 is 0 Å². The zero-order valence-corrected chi connectivity index (χ0v) is 15.3. The van der Waals surface area contributed by atoms with Gasteiger partial charge in [-0.05, 0) is 25.7 Å². The lowest BCUT2D eigenvalue weighted by atomic mass is 9.97. The average Bonchev–Trinajstić information content (AvgIpc) is 2.54. The molecule has 0 aromatic heterocycles. The molecule has 1 aliphatic rings. The van der Waals surface area contributed by atoms with Gasteiger partial charge in [0.25, 0.3) is 0 Å². The van der Waals surface area contributed by atoms with Gasteiger partial charge in [-0.25, -0.2) is 0 Å². The number of thiocarbonyl (C=S) groups is 1. The van der Waals surface area contributed by atoms with Crippen LogP contribution in [0.3, 0.4) is 0 Å². The van der Waals surface area contributed by atoms with Crippen LogP contribution in [0.1, 0.15) is 38.5 Å².